The Hall–Kier alpha value is -2.30. The van der Waals surface area contributed by atoms with Gasteiger partial charge >= 0.3 is 0 Å². The third-order valence-corrected chi connectivity index (χ3v) is 3.70. The third kappa shape index (κ3) is 3.62. The maximum absolute atomic E-state index is 11.4. The van der Waals surface area contributed by atoms with E-state index < -0.39 is 0 Å². The summed E-state index contributed by atoms with van der Waals surface area (Å²) in [7, 11) is 1.81. The molecule has 0 fully saturated rings. The summed E-state index contributed by atoms with van der Waals surface area (Å²) in [6.07, 6.45) is 0. The van der Waals surface area contributed by atoms with Gasteiger partial charge in [-0.3, -0.25) is 9.89 Å². The lowest BCUT2D eigenvalue weighted by molar-refractivity contribution is -0.128. The van der Waals surface area contributed by atoms with Crippen molar-refractivity contribution >= 4 is 11.6 Å². The Balaban J connectivity index is 2.12. The number of hydrogen-bond donors (Lipinski definition) is 2. The molecule has 0 saturated carbocycles. The van der Waals surface area contributed by atoms with Crippen LogP contribution in [0.4, 0.5) is 5.69 Å². The van der Waals surface area contributed by atoms with E-state index in [1.54, 1.807) is 11.8 Å². The van der Waals surface area contributed by atoms with Gasteiger partial charge in [-0.15, -0.1) is 0 Å². The highest BCUT2D eigenvalue weighted by atomic mass is 16.2. The van der Waals surface area contributed by atoms with Gasteiger partial charge in [-0.25, -0.2) is 0 Å². The predicted molar refractivity (Wildman–Crippen MR) is 84.0 cm³/mol. The van der Waals surface area contributed by atoms with Gasteiger partial charge in [0.15, 0.2) is 0 Å². The summed E-state index contributed by atoms with van der Waals surface area (Å²) in [6, 6.07) is 8.06. The number of amides is 1. The van der Waals surface area contributed by atoms with E-state index in [9.17, 15) is 4.79 Å². The lowest BCUT2D eigenvalue weighted by Crippen LogP contribution is -2.23. The first kappa shape index (κ1) is 15.1. The summed E-state index contributed by atoms with van der Waals surface area (Å²) in [5, 5.41) is 10.6. The zero-order valence-corrected chi connectivity index (χ0v) is 13.0. The van der Waals surface area contributed by atoms with E-state index >= 15 is 0 Å². The molecule has 5 nitrogen and oxygen atoms in total. The number of carbonyl (C=O) groups is 1. The van der Waals surface area contributed by atoms with Crippen LogP contribution in [-0.2, 0) is 17.9 Å². The number of anilines is 1. The Bertz CT molecular complexity index is 613. The van der Waals surface area contributed by atoms with Crippen LogP contribution in [0.3, 0.4) is 0 Å². The van der Waals surface area contributed by atoms with Crippen LogP contribution in [0.25, 0.3) is 0 Å². The molecule has 1 aromatic carbocycles. The Morgan fingerprint density at radius 2 is 2.05 bits per heavy atom. The monoisotopic (exact) mass is 286 g/mol. The lowest BCUT2D eigenvalue weighted by Gasteiger charge is -2.18. The van der Waals surface area contributed by atoms with Gasteiger partial charge < -0.3 is 10.2 Å². The van der Waals surface area contributed by atoms with Crippen molar-refractivity contribution in [2.75, 3.05) is 12.4 Å². The molecule has 0 aliphatic carbocycles. The molecule has 1 heterocycles. The minimum Gasteiger partial charge on any atom is -0.381 e. The van der Waals surface area contributed by atoms with Crippen molar-refractivity contribution in [2.24, 2.45) is 0 Å². The molecule has 1 amide bonds. The lowest BCUT2D eigenvalue weighted by atomic mass is 10.1. The number of para-hydroxylation sites is 1. The molecule has 2 rings (SSSR count). The van der Waals surface area contributed by atoms with Gasteiger partial charge in [-0.2, -0.15) is 5.10 Å². The fourth-order valence-corrected chi connectivity index (χ4v) is 2.22. The van der Waals surface area contributed by atoms with Crippen LogP contribution < -0.4 is 5.32 Å². The van der Waals surface area contributed by atoms with Crippen molar-refractivity contribution in [2.45, 2.75) is 33.9 Å². The van der Waals surface area contributed by atoms with Crippen LogP contribution in [0.15, 0.2) is 24.3 Å². The van der Waals surface area contributed by atoms with Gasteiger partial charge in [0.2, 0.25) is 5.91 Å². The smallest absolute Gasteiger partial charge is 0.219 e. The van der Waals surface area contributed by atoms with Gasteiger partial charge in [0.1, 0.15) is 0 Å². The SMILES string of the molecule is CC(=O)N(C)Cc1ccccc1NCc1c(C)n[nH]c1C. The van der Waals surface area contributed by atoms with Crippen LogP contribution >= 0.6 is 0 Å². The molecular formula is C16H22N4O. The molecule has 2 N–H and O–H groups in total. The fourth-order valence-electron chi connectivity index (χ4n) is 2.22. The number of benzene rings is 1. The van der Waals surface area contributed by atoms with Crippen molar-refractivity contribution < 1.29 is 4.79 Å². The molecule has 1 aromatic heterocycles. The summed E-state index contributed by atoms with van der Waals surface area (Å²) < 4.78 is 0. The standard InChI is InChI=1S/C16H22N4O/c1-11-15(12(2)19-18-11)9-17-16-8-6-5-7-14(16)10-20(4)13(3)21/h5-8,17H,9-10H2,1-4H3,(H,18,19). The number of H-pyrrole nitrogens is 1. The molecule has 5 heteroatoms. The number of nitrogens with one attached hydrogen (secondary N) is 2. The van der Waals surface area contributed by atoms with Crippen LogP contribution in [0, 0.1) is 13.8 Å². The molecule has 0 radical (unpaired) electrons. The van der Waals surface area contributed by atoms with E-state index in [-0.39, 0.29) is 5.91 Å². The highest BCUT2D eigenvalue weighted by Crippen LogP contribution is 2.19. The van der Waals surface area contributed by atoms with Gasteiger partial charge in [0.05, 0.1) is 5.69 Å². The Morgan fingerprint density at radius 1 is 1.33 bits per heavy atom. The van der Waals surface area contributed by atoms with Crippen molar-refractivity contribution in [1.29, 1.82) is 0 Å². The minimum absolute atomic E-state index is 0.0614. The van der Waals surface area contributed by atoms with Crippen LogP contribution in [0.5, 0.6) is 0 Å². The zero-order valence-electron chi connectivity index (χ0n) is 13.0. The maximum Gasteiger partial charge on any atom is 0.219 e. The molecule has 0 aliphatic heterocycles. The first-order valence-corrected chi connectivity index (χ1v) is 7.03. The first-order valence-electron chi connectivity index (χ1n) is 7.03. The largest absolute Gasteiger partial charge is 0.381 e. The molecule has 2 aromatic rings. The van der Waals surface area contributed by atoms with E-state index in [1.165, 1.54) is 5.56 Å². The second kappa shape index (κ2) is 6.43. The Morgan fingerprint density at radius 3 is 2.67 bits per heavy atom. The summed E-state index contributed by atoms with van der Waals surface area (Å²) >= 11 is 0. The van der Waals surface area contributed by atoms with Gasteiger partial charge in [-0.05, 0) is 25.5 Å². The van der Waals surface area contributed by atoms with Crippen molar-refractivity contribution in [3.05, 3.63) is 46.8 Å². The molecular weight excluding hydrogens is 264 g/mol. The van der Waals surface area contributed by atoms with E-state index in [0.717, 1.165) is 29.2 Å². The summed E-state index contributed by atoms with van der Waals surface area (Å²) in [5.41, 5.74) is 5.43. The van der Waals surface area contributed by atoms with Gasteiger partial charge in [0, 0.05) is 44.0 Å². The minimum atomic E-state index is 0.0614. The average Bonchev–Trinajstić information content (AvgIpc) is 2.77. The predicted octanol–water partition coefficient (Wildman–Crippen LogP) is 2.62. The third-order valence-electron chi connectivity index (χ3n) is 3.70. The summed E-state index contributed by atoms with van der Waals surface area (Å²) in [6.45, 7) is 6.91. The quantitative estimate of drug-likeness (QED) is 0.888. The molecule has 0 unspecified atom stereocenters. The molecule has 0 aliphatic rings. The maximum atomic E-state index is 11.4. The van der Waals surface area contributed by atoms with Crippen LogP contribution in [0.1, 0.15) is 29.4 Å². The van der Waals surface area contributed by atoms with Crippen molar-refractivity contribution in [1.82, 2.24) is 15.1 Å². The molecule has 112 valence electrons. The normalized spacial score (nSPS) is 10.5. The number of carbonyl (C=O) groups excluding carboxylic acids is 1. The molecule has 0 bridgehead atoms. The molecule has 0 spiro atoms. The van der Waals surface area contributed by atoms with Crippen LogP contribution in [0.2, 0.25) is 0 Å². The van der Waals surface area contributed by atoms with Gasteiger partial charge in [-0.1, -0.05) is 18.2 Å². The second-order valence-electron chi connectivity index (χ2n) is 5.30. The number of aromatic amines is 1. The highest BCUT2D eigenvalue weighted by molar-refractivity contribution is 5.73. The molecule has 0 saturated heterocycles. The van der Waals surface area contributed by atoms with E-state index in [1.807, 2.05) is 45.2 Å². The second-order valence-corrected chi connectivity index (χ2v) is 5.30. The van der Waals surface area contributed by atoms with Gasteiger partial charge in [0.25, 0.3) is 0 Å². The first-order chi connectivity index (χ1) is 9.99. The number of nitrogens with zero attached hydrogens (tertiary/aromatic N) is 2. The Labute approximate surface area is 125 Å². The van der Waals surface area contributed by atoms with Crippen molar-refractivity contribution in [3.63, 3.8) is 0 Å². The topological polar surface area (TPSA) is 61.0 Å². The summed E-state index contributed by atoms with van der Waals surface area (Å²) in [5.74, 6) is 0.0614. The van der Waals surface area contributed by atoms with E-state index in [2.05, 4.69) is 15.5 Å². The highest BCUT2D eigenvalue weighted by Gasteiger charge is 2.09. The van der Waals surface area contributed by atoms with Crippen LogP contribution in [-0.4, -0.2) is 28.1 Å². The average molecular weight is 286 g/mol. The fraction of sp³-hybridized carbons (Fsp3) is 0.375. The molecule has 0 atom stereocenters. The zero-order chi connectivity index (χ0) is 15.4. The number of rotatable bonds is 5. The van der Waals surface area contributed by atoms with Crippen molar-refractivity contribution in [3.8, 4) is 0 Å². The number of aromatic nitrogens is 2. The van der Waals surface area contributed by atoms with E-state index in [0.29, 0.717) is 6.54 Å². The molecule has 21 heavy (non-hydrogen) atoms. The number of hydrogen-bond acceptors (Lipinski definition) is 3. The summed E-state index contributed by atoms with van der Waals surface area (Å²) in [4.78, 5) is 13.1. The Kier molecular flexibility index (Phi) is 4.62. The van der Waals surface area contributed by atoms with E-state index in [4.69, 9.17) is 0 Å². The number of aryl methyl sites for hydroxylation is 2.